The summed E-state index contributed by atoms with van der Waals surface area (Å²) in [5, 5.41) is 9.04. The van der Waals surface area contributed by atoms with Gasteiger partial charge in [-0.05, 0) is 12.1 Å². The lowest BCUT2D eigenvalue weighted by Crippen LogP contribution is -2.29. The number of halogens is 3. The Morgan fingerprint density at radius 1 is 1.39 bits per heavy atom. The zero-order valence-corrected chi connectivity index (χ0v) is 17.3. The average Bonchev–Trinajstić information content (AvgIpc) is 3.45. The van der Waals surface area contributed by atoms with Crippen LogP contribution in [0.3, 0.4) is 0 Å². The van der Waals surface area contributed by atoms with Gasteiger partial charge in [-0.2, -0.15) is 18.3 Å². The number of rotatable bonds is 6. The Hall–Kier alpha value is -3.94. The molecular formula is C19H19F3N8O3. The fraction of sp³-hybridized carbons (Fsp3) is 0.316. The topological polar surface area (TPSA) is 144 Å². The molecule has 0 spiro atoms. The maximum Gasteiger partial charge on any atom is 0.405 e. The summed E-state index contributed by atoms with van der Waals surface area (Å²) in [4.78, 5) is 34.2. The second-order valence-corrected chi connectivity index (χ2v) is 7.40. The van der Waals surface area contributed by atoms with E-state index in [0.29, 0.717) is 5.56 Å². The van der Waals surface area contributed by atoms with Crippen LogP contribution in [-0.2, 0) is 11.8 Å². The van der Waals surface area contributed by atoms with Gasteiger partial charge in [-0.1, -0.05) is 0 Å². The van der Waals surface area contributed by atoms with Gasteiger partial charge in [-0.25, -0.2) is 9.97 Å². The molecule has 0 bridgehead atoms. The second kappa shape index (κ2) is 8.54. The number of carbonyl (C=O) groups excluding carboxylic acids is 2. The molecular weight excluding hydrogens is 445 g/mol. The number of pyridine rings is 1. The molecule has 0 radical (unpaired) electrons. The molecule has 1 aliphatic rings. The first-order valence-corrected chi connectivity index (χ1v) is 9.72. The van der Waals surface area contributed by atoms with Crippen LogP contribution in [0, 0.1) is 0 Å². The van der Waals surface area contributed by atoms with Crippen molar-refractivity contribution in [2.45, 2.75) is 18.6 Å². The minimum Gasteiger partial charge on any atom is -0.444 e. The molecule has 3 aromatic rings. The van der Waals surface area contributed by atoms with Crippen LogP contribution >= 0.6 is 0 Å². The van der Waals surface area contributed by atoms with E-state index in [1.807, 2.05) is 0 Å². The third-order valence-corrected chi connectivity index (χ3v) is 4.68. The van der Waals surface area contributed by atoms with Crippen LogP contribution in [0.2, 0.25) is 0 Å². The van der Waals surface area contributed by atoms with Crippen LogP contribution in [-0.4, -0.2) is 56.9 Å². The molecule has 4 heterocycles. The molecule has 14 heteroatoms. The van der Waals surface area contributed by atoms with Crippen LogP contribution in [0.15, 0.2) is 35.2 Å². The summed E-state index contributed by atoms with van der Waals surface area (Å²) in [5.74, 6) is -0.568. The zero-order chi connectivity index (χ0) is 23.8. The molecule has 4 N–H and O–H groups in total. The molecule has 0 unspecified atom stereocenters. The molecule has 1 fully saturated rings. The van der Waals surface area contributed by atoms with E-state index in [1.54, 1.807) is 7.05 Å². The molecule has 2 amide bonds. The predicted molar refractivity (Wildman–Crippen MR) is 110 cm³/mol. The summed E-state index contributed by atoms with van der Waals surface area (Å²) >= 11 is 0. The van der Waals surface area contributed by atoms with Crippen molar-refractivity contribution in [3.05, 3.63) is 36.5 Å². The van der Waals surface area contributed by atoms with Crippen molar-refractivity contribution in [2.24, 2.45) is 12.8 Å². The Labute approximate surface area is 184 Å². The lowest BCUT2D eigenvalue weighted by molar-refractivity contribution is -0.117. The lowest BCUT2D eigenvalue weighted by Gasteiger charge is -2.14. The Balaban J connectivity index is 1.49. The number of anilines is 3. The number of amides is 2. The largest absolute Gasteiger partial charge is 0.444 e. The minimum atomic E-state index is -4.40. The van der Waals surface area contributed by atoms with Gasteiger partial charge in [0.15, 0.2) is 11.5 Å². The number of aryl methyl sites for hydroxylation is 1. The SMILES string of the molecule is Cn1cc(NC(=O)c2coc(-c3ccnc(NCC(F)(F)F)c3)n2)c(N2C[C@@H](N)CC2=O)n1. The van der Waals surface area contributed by atoms with Gasteiger partial charge in [-0.15, -0.1) is 0 Å². The van der Waals surface area contributed by atoms with E-state index >= 15 is 0 Å². The quantitative estimate of drug-likeness (QED) is 0.501. The molecule has 0 aromatic carbocycles. The number of aromatic nitrogens is 4. The van der Waals surface area contributed by atoms with Crippen molar-refractivity contribution in [3.63, 3.8) is 0 Å². The van der Waals surface area contributed by atoms with Crippen molar-refractivity contribution in [1.82, 2.24) is 19.7 Å². The minimum absolute atomic E-state index is 0.0183. The third-order valence-electron chi connectivity index (χ3n) is 4.68. The molecule has 11 nitrogen and oxygen atoms in total. The van der Waals surface area contributed by atoms with Crippen LogP contribution in [0.4, 0.5) is 30.5 Å². The van der Waals surface area contributed by atoms with Gasteiger partial charge in [0.2, 0.25) is 11.8 Å². The number of carbonyl (C=O) groups is 2. The van der Waals surface area contributed by atoms with Crippen LogP contribution in [0.25, 0.3) is 11.5 Å². The van der Waals surface area contributed by atoms with Gasteiger partial charge in [0, 0.05) is 37.8 Å². The molecule has 4 rings (SSSR count). The molecule has 33 heavy (non-hydrogen) atoms. The van der Waals surface area contributed by atoms with Crippen molar-refractivity contribution >= 4 is 29.1 Å². The number of nitrogens with one attached hydrogen (secondary N) is 2. The number of oxazole rings is 1. The Kier molecular flexibility index (Phi) is 5.76. The summed E-state index contributed by atoms with van der Waals surface area (Å²) in [5.41, 5.74) is 6.38. The van der Waals surface area contributed by atoms with Gasteiger partial charge >= 0.3 is 6.18 Å². The van der Waals surface area contributed by atoms with E-state index < -0.39 is 18.6 Å². The van der Waals surface area contributed by atoms with Crippen molar-refractivity contribution in [2.75, 3.05) is 28.6 Å². The number of hydrogen-bond donors (Lipinski definition) is 3. The summed E-state index contributed by atoms with van der Waals surface area (Å²) in [6.45, 7) is -0.972. The van der Waals surface area contributed by atoms with Crippen molar-refractivity contribution in [1.29, 1.82) is 0 Å². The summed E-state index contributed by atoms with van der Waals surface area (Å²) < 4.78 is 44.0. The highest BCUT2D eigenvalue weighted by Crippen LogP contribution is 2.28. The van der Waals surface area contributed by atoms with Gasteiger partial charge in [-0.3, -0.25) is 19.2 Å². The second-order valence-electron chi connectivity index (χ2n) is 7.40. The average molecular weight is 464 g/mol. The first kappa shape index (κ1) is 22.3. The van der Waals surface area contributed by atoms with E-state index in [0.717, 1.165) is 6.26 Å². The number of hydrogen-bond acceptors (Lipinski definition) is 8. The first-order valence-electron chi connectivity index (χ1n) is 9.72. The standard InChI is InChI=1S/C19H19F3N8O3/c1-29-7-12(16(28-29)30-6-11(23)5-15(30)31)26-17(32)13-8-33-18(27-13)10-2-3-24-14(4-10)25-9-19(20,21)22/h2-4,7-8,11H,5-6,9,23H2,1H3,(H,24,25)(H,26,32)/t11-/m0/s1. The molecule has 0 aliphatic carbocycles. The maximum absolute atomic E-state index is 12.7. The van der Waals surface area contributed by atoms with Gasteiger partial charge in [0.25, 0.3) is 5.91 Å². The summed E-state index contributed by atoms with van der Waals surface area (Å²) in [7, 11) is 1.64. The van der Waals surface area contributed by atoms with E-state index in [2.05, 4.69) is 25.7 Å². The zero-order valence-electron chi connectivity index (χ0n) is 17.3. The van der Waals surface area contributed by atoms with E-state index in [1.165, 1.54) is 34.1 Å². The number of nitrogens with two attached hydrogens (primary N) is 1. The van der Waals surface area contributed by atoms with Crippen LogP contribution < -0.4 is 21.3 Å². The fourth-order valence-electron chi connectivity index (χ4n) is 3.25. The monoisotopic (exact) mass is 464 g/mol. The van der Waals surface area contributed by atoms with Gasteiger partial charge in [0.1, 0.15) is 24.3 Å². The molecule has 1 aliphatic heterocycles. The normalized spacial score (nSPS) is 16.3. The lowest BCUT2D eigenvalue weighted by atomic mass is 10.2. The van der Waals surface area contributed by atoms with Crippen molar-refractivity contribution in [3.8, 4) is 11.5 Å². The Morgan fingerprint density at radius 3 is 2.88 bits per heavy atom. The highest BCUT2D eigenvalue weighted by atomic mass is 19.4. The molecule has 1 atom stereocenters. The molecule has 0 saturated carbocycles. The fourth-order valence-corrected chi connectivity index (χ4v) is 3.25. The van der Waals surface area contributed by atoms with Crippen LogP contribution in [0.1, 0.15) is 16.9 Å². The Bertz CT molecular complexity index is 1190. The highest BCUT2D eigenvalue weighted by molar-refractivity contribution is 6.06. The van der Waals surface area contributed by atoms with E-state index in [-0.39, 0.29) is 53.8 Å². The number of alkyl halides is 3. The molecule has 174 valence electrons. The molecule has 3 aromatic heterocycles. The smallest absolute Gasteiger partial charge is 0.405 e. The molecule has 1 saturated heterocycles. The maximum atomic E-state index is 12.7. The summed E-state index contributed by atoms with van der Waals surface area (Å²) in [6.07, 6.45) is -0.282. The summed E-state index contributed by atoms with van der Waals surface area (Å²) in [6, 6.07) is 2.48. The predicted octanol–water partition coefficient (Wildman–Crippen LogP) is 1.76. The first-order chi connectivity index (χ1) is 15.6. The van der Waals surface area contributed by atoms with E-state index in [4.69, 9.17) is 10.2 Å². The third kappa shape index (κ3) is 5.11. The van der Waals surface area contributed by atoms with Gasteiger partial charge in [0.05, 0.1) is 6.20 Å². The highest BCUT2D eigenvalue weighted by Gasteiger charge is 2.32. The van der Waals surface area contributed by atoms with E-state index in [9.17, 15) is 22.8 Å². The van der Waals surface area contributed by atoms with Crippen molar-refractivity contribution < 1.29 is 27.2 Å². The van der Waals surface area contributed by atoms with Crippen LogP contribution in [0.5, 0.6) is 0 Å². The van der Waals surface area contributed by atoms with Gasteiger partial charge < -0.3 is 20.8 Å². The number of nitrogens with zero attached hydrogens (tertiary/aromatic N) is 5. The Morgan fingerprint density at radius 2 is 2.18 bits per heavy atom.